The lowest BCUT2D eigenvalue weighted by atomic mass is 10.1. The Morgan fingerprint density at radius 2 is 2.08 bits per heavy atom. The Hall–Kier alpha value is -2.73. The number of nitro groups is 1. The number of aromatic nitrogens is 2. The van der Waals surface area contributed by atoms with Crippen LogP contribution in [0.25, 0.3) is 10.9 Å². The minimum atomic E-state index is -0.342. The van der Waals surface area contributed by atoms with Crippen LogP contribution in [0.15, 0.2) is 48.8 Å². The molecule has 6 heteroatoms. The number of rotatable bonds is 6. The molecule has 0 aliphatic heterocycles. The van der Waals surface area contributed by atoms with E-state index in [2.05, 4.69) is 20.6 Å². The number of nitrogens with zero attached hydrogens (tertiary/aromatic N) is 4. The SMILES string of the molecule is CN(C)CCc1cn(Cc2ccccn2)c2ccc([N+](=O)[O-])cc12. The zero-order valence-electron chi connectivity index (χ0n) is 13.8. The second-order valence-electron chi connectivity index (χ2n) is 6.12. The molecule has 0 saturated carbocycles. The normalized spacial score (nSPS) is 11.3. The van der Waals surface area contributed by atoms with Crippen LogP contribution in [0, 0.1) is 10.1 Å². The maximum Gasteiger partial charge on any atom is 0.270 e. The van der Waals surface area contributed by atoms with E-state index >= 15 is 0 Å². The van der Waals surface area contributed by atoms with Gasteiger partial charge in [0.05, 0.1) is 17.2 Å². The molecule has 0 amide bonds. The van der Waals surface area contributed by atoms with Crippen molar-refractivity contribution in [1.82, 2.24) is 14.5 Å². The number of hydrogen-bond donors (Lipinski definition) is 0. The molecule has 124 valence electrons. The van der Waals surface area contributed by atoms with E-state index in [-0.39, 0.29) is 10.6 Å². The molecule has 0 saturated heterocycles. The second-order valence-corrected chi connectivity index (χ2v) is 6.12. The lowest BCUT2D eigenvalue weighted by Crippen LogP contribution is -2.14. The zero-order valence-corrected chi connectivity index (χ0v) is 13.8. The molecule has 1 aromatic carbocycles. The van der Waals surface area contributed by atoms with Crippen LogP contribution in [-0.2, 0) is 13.0 Å². The van der Waals surface area contributed by atoms with Gasteiger partial charge in [-0.2, -0.15) is 0 Å². The minimum Gasteiger partial charge on any atom is -0.341 e. The van der Waals surface area contributed by atoms with Crippen LogP contribution < -0.4 is 0 Å². The Kier molecular flexibility index (Phi) is 4.57. The number of fused-ring (bicyclic) bond motifs is 1. The van der Waals surface area contributed by atoms with Crippen LogP contribution in [0.4, 0.5) is 5.69 Å². The van der Waals surface area contributed by atoms with E-state index in [0.29, 0.717) is 6.54 Å². The number of nitro benzene ring substituents is 1. The maximum absolute atomic E-state index is 11.1. The average molecular weight is 324 g/mol. The van der Waals surface area contributed by atoms with Gasteiger partial charge in [0.15, 0.2) is 0 Å². The topological polar surface area (TPSA) is 64.2 Å². The predicted molar refractivity (Wildman–Crippen MR) is 94.2 cm³/mol. The Bertz CT molecular complexity index is 856. The summed E-state index contributed by atoms with van der Waals surface area (Å²) in [7, 11) is 4.05. The summed E-state index contributed by atoms with van der Waals surface area (Å²) in [5.41, 5.74) is 3.22. The predicted octanol–water partition coefficient (Wildman–Crippen LogP) is 3.10. The highest BCUT2D eigenvalue weighted by atomic mass is 16.6. The number of non-ortho nitro benzene ring substituents is 1. The molecule has 0 bridgehead atoms. The number of hydrogen-bond acceptors (Lipinski definition) is 4. The van der Waals surface area contributed by atoms with Gasteiger partial charge in [-0.05, 0) is 44.3 Å². The molecule has 3 rings (SSSR count). The van der Waals surface area contributed by atoms with Crippen LogP contribution in [0.3, 0.4) is 0 Å². The quantitative estimate of drug-likeness (QED) is 0.516. The summed E-state index contributed by atoms with van der Waals surface area (Å²) in [6.45, 7) is 1.54. The van der Waals surface area contributed by atoms with Gasteiger partial charge in [0, 0.05) is 42.0 Å². The lowest BCUT2D eigenvalue weighted by molar-refractivity contribution is -0.384. The first-order valence-electron chi connectivity index (χ1n) is 7.85. The van der Waals surface area contributed by atoms with Crippen molar-refractivity contribution in [1.29, 1.82) is 0 Å². The molecule has 0 aliphatic rings. The molecular formula is C18H20N4O2. The molecule has 2 aromatic heterocycles. The van der Waals surface area contributed by atoms with Crippen LogP contribution in [-0.4, -0.2) is 40.0 Å². The summed E-state index contributed by atoms with van der Waals surface area (Å²) in [5, 5.41) is 12.0. The van der Waals surface area contributed by atoms with Gasteiger partial charge in [-0.3, -0.25) is 15.1 Å². The highest BCUT2D eigenvalue weighted by molar-refractivity contribution is 5.86. The monoisotopic (exact) mass is 324 g/mol. The molecule has 2 heterocycles. The fraction of sp³-hybridized carbons (Fsp3) is 0.278. The Balaban J connectivity index is 2.03. The molecular weight excluding hydrogens is 304 g/mol. The molecule has 3 aromatic rings. The molecule has 0 spiro atoms. The van der Waals surface area contributed by atoms with Gasteiger partial charge in [0.2, 0.25) is 0 Å². The molecule has 0 fully saturated rings. The Morgan fingerprint density at radius 3 is 2.75 bits per heavy atom. The van der Waals surface area contributed by atoms with Crippen LogP contribution in [0.5, 0.6) is 0 Å². The fourth-order valence-electron chi connectivity index (χ4n) is 2.81. The summed E-state index contributed by atoms with van der Waals surface area (Å²) >= 11 is 0. The van der Waals surface area contributed by atoms with E-state index in [1.807, 2.05) is 38.4 Å². The van der Waals surface area contributed by atoms with Crippen molar-refractivity contribution in [2.24, 2.45) is 0 Å². The zero-order chi connectivity index (χ0) is 17.1. The largest absolute Gasteiger partial charge is 0.341 e. The standard InChI is InChI=1S/C18H20N4O2/c1-20(2)10-8-14-12-21(13-15-5-3-4-9-19-15)18-7-6-16(22(23)24)11-17(14)18/h3-7,9,11-12H,8,10,13H2,1-2H3. The first-order valence-corrected chi connectivity index (χ1v) is 7.85. The lowest BCUT2D eigenvalue weighted by Gasteiger charge is -2.08. The molecule has 0 radical (unpaired) electrons. The highest BCUT2D eigenvalue weighted by Crippen LogP contribution is 2.27. The van der Waals surface area contributed by atoms with Gasteiger partial charge in [-0.15, -0.1) is 0 Å². The van der Waals surface area contributed by atoms with Crippen molar-refractivity contribution < 1.29 is 4.92 Å². The minimum absolute atomic E-state index is 0.129. The van der Waals surface area contributed by atoms with Gasteiger partial charge in [-0.1, -0.05) is 6.07 Å². The van der Waals surface area contributed by atoms with E-state index < -0.39 is 0 Å². The van der Waals surface area contributed by atoms with E-state index in [0.717, 1.165) is 35.1 Å². The van der Waals surface area contributed by atoms with E-state index in [1.54, 1.807) is 18.3 Å². The van der Waals surface area contributed by atoms with Crippen molar-refractivity contribution >= 4 is 16.6 Å². The first-order chi connectivity index (χ1) is 11.5. The van der Waals surface area contributed by atoms with Crippen molar-refractivity contribution in [2.45, 2.75) is 13.0 Å². The smallest absolute Gasteiger partial charge is 0.270 e. The molecule has 6 nitrogen and oxygen atoms in total. The summed E-state index contributed by atoms with van der Waals surface area (Å²) < 4.78 is 2.12. The van der Waals surface area contributed by atoms with E-state index in [1.165, 1.54) is 0 Å². The van der Waals surface area contributed by atoms with Crippen molar-refractivity contribution in [2.75, 3.05) is 20.6 Å². The third-order valence-corrected chi connectivity index (χ3v) is 4.04. The van der Waals surface area contributed by atoms with Crippen LogP contribution in [0.2, 0.25) is 0 Å². The maximum atomic E-state index is 11.1. The second kappa shape index (κ2) is 6.80. The fourth-order valence-corrected chi connectivity index (χ4v) is 2.81. The number of benzene rings is 1. The summed E-state index contributed by atoms with van der Waals surface area (Å²) in [5.74, 6) is 0. The Labute approximate surface area is 140 Å². The molecule has 24 heavy (non-hydrogen) atoms. The van der Waals surface area contributed by atoms with E-state index in [9.17, 15) is 10.1 Å². The van der Waals surface area contributed by atoms with Crippen molar-refractivity contribution in [3.05, 3.63) is 70.2 Å². The summed E-state index contributed by atoms with van der Waals surface area (Å²) in [4.78, 5) is 17.2. The summed E-state index contributed by atoms with van der Waals surface area (Å²) in [6.07, 6.45) is 4.71. The highest BCUT2D eigenvalue weighted by Gasteiger charge is 2.14. The third kappa shape index (κ3) is 3.44. The summed E-state index contributed by atoms with van der Waals surface area (Å²) in [6, 6.07) is 10.9. The molecule has 0 unspecified atom stereocenters. The van der Waals surface area contributed by atoms with Crippen molar-refractivity contribution in [3.63, 3.8) is 0 Å². The molecule has 0 atom stereocenters. The first kappa shape index (κ1) is 16.1. The van der Waals surface area contributed by atoms with Crippen LogP contribution in [0.1, 0.15) is 11.3 Å². The third-order valence-electron chi connectivity index (χ3n) is 4.04. The molecule has 0 aliphatic carbocycles. The molecule has 0 N–H and O–H groups in total. The van der Waals surface area contributed by atoms with Gasteiger partial charge in [0.1, 0.15) is 0 Å². The Morgan fingerprint density at radius 1 is 1.25 bits per heavy atom. The number of likely N-dealkylation sites (N-methyl/N-ethyl adjacent to an activating group) is 1. The van der Waals surface area contributed by atoms with E-state index in [4.69, 9.17) is 0 Å². The van der Waals surface area contributed by atoms with Gasteiger partial charge in [0.25, 0.3) is 5.69 Å². The number of pyridine rings is 1. The van der Waals surface area contributed by atoms with Gasteiger partial charge in [-0.25, -0.2) is 0 Å². The average Bonchev–Trinajstić information content (AvgIpc) is 2.91. The van der Waals surface area contributed by atoms with Gasteiger partial charge >= 0.3 is 0 Å². The van der Waals surface area contributed by atoms with Crippen molar-refractivity contribution in [3.8, 4) is 0 Å². The van der Waals surface area contributed by atoms with Gasteiger partial charge < -0.3 is 9.47 Å². The van der Waals surface area contributed by atoms with Crippen LogP contribution >= 0.6 is 0 Å².